The maximum absolute atomic E-state index is 5.32. The molecule has 33 heavy (non-hydrogen) atoms. The molecule has 1 aliphatic carbocycles. The Morgan fingerprint density at radius 2 is 1.73 bits per heavy atom. The van der Waals surface area contributed by atoms with Crippen molar-refractivity contribution < 1.29 is 0 Å². The van der Waals surface area contributed by atoms with E-state index in [1.807, 2.05) is 11.8 Å². The molecule has 1 aliphatic heterocycles. The Labute approximate surface area is 202 Å². The molecule has 1 saturated carbocycles. The molecular formula is C30H32N2S. The van der Waals surface area contributed by atoms with Gasteiger partial charge >= 0.3 is 0 Å². The molecule has 0 spiro atoms. The van der Waals surface area contributed by atoms with E-state index in [1.165, 1.54) is 58.7 Å². The van der Waals surface area contributed by atoms with Crippen LogP contribution < -0.4 is 5.32 Å². The van der Waals surface area contributed by atoms with Crippen molar-refractivity contribution in [3.8, 4) is 0 Å². The van der Waals surface area contributed by atoms with Gasteiger partial charge in [-0.2, -0.15) is 0 Å². The molecule has 1 fully saturated rings. The molecule has 2 aliphatic rings. The number of benzene rings is 3. The van der Waals surface area contributed by atoms with Gasteiger partial charge in [0.2, 0.25) is 0 Å². The van der Waals surface area contributed by atoms with Crippen LogP contribution in [0, 0.1) is 5.92 Å². The van der Waals surface area contributed by atoms with Gasteiger partial charge in [-0.15, -0.1) is 0 Å². The lowest BCUT2D eigenvalue weighted by atomic mass is 9.83. The average molecular weight is 453 g/mol. The van der Waals surface area contributed by atoms with E-state index in [-0.39, 0.29) is 0 Å². The van der Waals surface area contributed by atoms with Gasteiger partial charge in [0.25, 0.3) is 0 Å². The predicted octanol–water partition coefficient (Wildman–Crippen LogP) is 8.22. The molecule has 0 saturated heterocycles. The normalized spacial score (nSPS) is 16.7. The largest absolute Gasteiger partial charge is 0.384 e. The predicted molar refractivity (Wildman–Crippen MR) is 142 cm³/mol. The first-order chi connectivity index (χ1) is 16.2. The molecule has 168 valence electrons. The number of nitrogens with one attached hydrogen (secondary N) is 1. The Morgan fingerprint density at radius 3 is 2.55 bits per heavy atom. The van der Waals surface area contributed by atoms with E-state index in [9.17, 15) is 0 Å². The van der Waals surface area contributed by atoms with Crippen molar-refractivity contribution in [2.75, 3.05) is 6.54 Å². The van der Waals surface area contributed by atoms with Gasteiger partial charge in [0.15, 0.2) is 0 Å². The van der Waals surface area contributed by atoms with Crippen LogP contribution in [0.2, 0.25) is 0 Å². The summed E-state index contributed by atoms with van der Waals surface area (Å²) < 4.78 is 0. The number of fused-ring (bicyclic) bond motifs is 2. The van der Waals surface area contributed by atoms with Crippen LogP contribution in [0.5, 0.6) is 0 Å². The second-order valence-electron chi connectivity index (χ2n) is 9.28. The van der Waals surface area contributed by atoms with Crippen molar-refractivity contribution in [2.24, 2.45) is 10.9 Å². The lowest BCUT2D eigenvalue weighted by molar-refractivity contribution is 0.439. The number of aliphatic imine (C=N–C) groups is 1. The van der Waals surface area contributed by atoms with E-state index in [4.69, 9.17) is 4.99 Å². The van der Waals surface area contributed by atoms with Gasteiger partial charge in [-0.25, -0.2) is 0 Å². The fourth-order valence-electron chi connectivity index (χ4n) is 4.92. The van der Waals surface area contributed by atoms with E-state index in [0.717, 1.165) is 23.5 Å². The maximum atomic E-state index is 5.32. The molecular weight excluding hydrogens is 420 g/mol. The molecule has 5 rings (SSSR count). The minimum absolute atomic E-state index is 0.421. The maximum Gasteiger partial charge on any atom is 0.0779 e. The fraction of sp³-hybridized carbons (Fsp3) is 0.300. The summed E-state index contributed by atoms with van der Waals surface area (Å²) in [5.41, 5.74) is 7.10. The Bertz CT molecular complexity index is 1160. The van der Waals surface area contributed by atoms with Crippen LogP contribution in [0.3, 0.4) is 0 Å². The van der Waals surface area contributed by atoms with Gasteiger partial charge in [0.05, 0.1) is 11.4 Å². The second-order valence-corrected chi connectivity index (χ2v) is 10.4. The van der Waals surface area contributed by atoms with Crippen LogP contribution in [-0.4, -0.2) is 12.3 Å². The van der Waals surface area contributed by atoms with E-state index in [2.05, 4.69) is 91.6 Å². The van der Waals surface area contributed by atoms with Crippen molar-refractivity contribution in [3.63, 3.8) is 0 Å². The van der Waals surface area contributed by atoms with Gasteiger partial charge in [0, 0.05) is 33.5 Å². The molecule has 0 amide bonds. The van der Waals surface area contributed by atoms with Crippen molar-refractivity contribution in [2.45, 2.75) is 54.7 Å². The number of nitrogens with zero attached hydrogens (tertiary/aromatic N) is 1. The topological polar surface area (TPSA) is 24.4 Å². The third kappa shape index (κ3) is 4.94. The minimum atomic E-state index is 0.421. The lowest BCUT2D eigenvalue weighted by Gasteiger charge is -2.24. The third-order valence-electron chi connectivity index (χ3n) is 6.91. The second kappa shape index (κ2) is 10.0. The molecule has 3 aromatic rings. The average Bonchev–Trinajstić information content (AvgIpc) is 3.04. The standard InChI is InChI=1S/C30H32N2S/c1-21(23-11-5-3-6-12-23)20-31-22(2)25-17-18-29-27(19-25)32-30(24-13-7-4-8-14-24)26-15-9-10-16-28(26)33-29/h3,5-6,9-12,15-19,21,24,31H,2,4,7-8,13-14,20H2,1H3. The summed E-state index contributed by atoms with van der Waals surface area (Å²) in [5.74, 6) is 0.980. The number of rotatable bonds is 6. The summed E-state index contributed by atoms with van der Waals surface area (Å²) >= 11 is 1.84. The smallest absolute Gasteiger partial charge is 0.0779 e. The summed E-state index contributed by atoms with van der Waals surface area (Å²) in [7, 11) is 0. The highest BCUT2D eigenvalue weighted by atomic mass is 32.2. The van der Waals surface area contributed by atoms with Gasteiger partial charge < -0.3 is 5.32 Å². The molecule has 1 atom stereocenters. The fourth-order valence-corrected chi connectivity index (χ4v) is 5.93. The van der Waals surface area contributed by atoms with Crippen LogP contribution in [0.15, 0.2) is 94.2 Å². The van der Waals surface area contributed by atoms with Crippen molar-refractivity contribution in [1.82, 2.24) is 5.32 Å². The Balaban J connectivity index is 1.40. The lowest BCUT2D eigenvalue weighted by Crippen LogP contribution is -2.19. The third-order valence-corrected chi connectivity index (χ3v) is 8.05. The Hall–Kier alpha value is -2.78. The van der Waals surface area contributed by atoms with Crippen LogP contribution in [0.25, 0.3) is 5.70 Å². The summed E-state index contributed by atoms with van der Waals surface area (Å²) in [6.45, 7) is 7.45. The van der Waals surface area contributed by atoms with Crippen molar-refractivity contribution in [1.29, 1.82) is 0 Å². The molecule has 1 unspecified atom stereocenters. The van der Waals surface area contributed by atoms with Gasteiger partial charge in [-0.1, -0.05) is 99.1 Å². The highest BCUT2D eigenvalue weighted by Crippen LogP contribution is 2.43. The Kier molecular flexibility index (Phi) is 6.68. The molecule has 1 heterocycles. The molecule has 1 N–H and O–H groups in total. The van der Waals surface area contributed by atoms with Gasteiger partial charge in [0.1, 0.15) is 0 Å². The first-order valence-corrected chi connectivity index (χ1v) is 13.0. The summed E-state index contributed by atoms with van der Waals surface area (Å²) in [5, 5.41) is 3.56. The molecule has 2 nitrogen and oxygen atoms in total. The van der Waals surface area contributed by atoms with E-state index in [0.29, 0.717) is 11.8 Å². The SMILES string of the molecule is C=C(NCC(C)c1ccccc1)c1ccc2c(c1)N=C(C1CCCCC1)c1ccccc1S2. The Morgan fingerprint density at radius 1 is 0.970 bits per heavy atom. The summed E-state index contributed by atoms with van der Waals surface area (Å²) in [6.07, 6.45) is 6.48. The summed E-state index contributed by atoms with van der Waals surface area (Å²) in [6, 6.07) is 26.1. The van der Waals surface area contributed by atoms with E-state index in [1.54, 1.807) is 0 Å². The quantitative estimate of drug-likeness (QED) is 0.407. The van der Waals surface area contributed by atoms with Crippen molar-refractivity contribution in [3.05, 3.63) is 96.1 Å². The van der Waals surface area contributed by atoms with Crippen LogP contribution >= 0.6 is 11.8 Å². The number of hydrogen-bond donors (Lipinski definition) is 1. The highest BCUT2D eigenvalue weighted by Gasteiger charge is 2.25. The van der Waals surface area contributed by atoms with Crippen LogP contribution in [0.4, 0.5) is 5.69 Å². The molecule has 0 bridgehead atoms. The monoisotopic (exact) mass is 452 g/mol. The van der Waals surface area contributed by atoms with Crippen LogP contribution in [-0.2, 0) is 0 Å². The first kappa shape index (κ1) is 22.0. The van der Waals surface area contributed by atoms with Gasteiger partial charge in [-0.3, -0.25) is 4.99 Å². The minimum Gasteiger partial charge on any atom is -0.384 e. The van der Waals surface area contributed by atoms with E-state index >= 15 is 0 Å². The first-order valence-electron chi connectivity index (χ1n) is 12.2. The molecule has 3 heteroatoms. The zero-order chi connectivity index (χ0) is 22.6. The van der Waals surface area contributed by atoms with Gasteiger partial charge in [-0.05, 0) is 48.1 Å². The van der Waals surface area contributed by atoms with E-state index < -0.39 is 0 Å². The zero-order valence-electron chi connectivity index (χ0n) is 19.4. The number of hydrogen-bond acceptors (Lipinski definition) is 3. The molecule has 3 aromatic carbocycles. The highest BCUT2D eigenvalue weighted by molar-refractivity contribution is 7.99. The molecule has 0 radical (unpaired) electrons. The zero-order valence-corrected chi connectivity index (χ0v) is 20.2. The van der Waals surface area contributed by atoms with Crippen molar-refractivity contribution >= 4 is 28.9 Å². The molecule has 0 aromatic heterocycles. The van der Waals surface area contributed by atoms with Crippen LogP contribution in [0.1, 0.15) is 61.6 Å². The summed E-state index contributed by atoms with van der Waals surface area (Å²) in [4.78, 5) is 7.86.